The number of fused-ring (bicyclic) bond motifs is 1. The summed E-state index contributed by atoms with van der Waals surface area (Å²) in [6.45, 7) is 0.475. The van der Waals surface area contributed by atoms with E-state index >= 15 is 0 Å². The van der Waals surface area contributed by atoms with Crippen molar-refractivity contribution in [1.29, 1.82) is 0 Å². The predicted molar refractivity (Wildman–Crippen MR) is 80.0 cm³/mol. The van der Waals surface area contributed by atoms with Crippen LogP contribution in [0.15, 0.2) is 42.7 Å². The van der Waals surface area contributed by atoms with Crippen LogP contribution >= 0.6 is 22.9 Å². The molecule has 20 heavy (non-hydrogen) atoms. The van der Waals surface area contributed by atoms with Gasteiger partial charge in [-0.3, -0.25) is 9.78 Å². The molecule has 0 bridgehead atoms. The third-order valence-electron chi connectivity index (χ3n) is 2.83. The predicted octanol–water partition coefficient (Wildman–Crippen LogP) is 3.27. The van der Waals surface area contributed by atoms with Crippen molar-refractivity contribution in [2.24, 2.45) is 0 Å². The van der Waals surface area contributed by atoms with Crippen LogP contribution in [0.2, 0.25) is 4.47 Å². The van der Waals surface area contributed by atoms with E-state index in [0.717, 1.165) is 15.8 Å². The number of thiazole rings is 1. The van der Waals surface area contributed by atoms with E-state index in [0.29, 0.717) is 16.6 Å². The lowest BCUT2D eigenvalue weighted by atomic mass is 10.2. The minimum absolute atomic E-state index is 0.117. The zero-order valence-electron chi connectivity index (χ0n) is 10.3. The van der Waals surface area contributed by atoms with Gasteiger partial charge in [0.25, 0.3) is 5.91 Å². The van der Waals surface area contributed by atoms with Crippen molar-refractivity contribution < 1.29 is 4.79 Å². The minimum Gasteiger partial charge on any atom is -0.348 e. The third kappa shape index (κ3) is 2.79. The third-order valence-corrected chi connectivity index (χ3v) is 3.95. The maximum Gasteiger partial charge on any atom is 0.251 e. The number of carbonyl (C=O) groups excluding carboxylic acids is 1. The van der Waals surface area contributed by atoms with Gasteiger partial charge in [-0.25, -0.2) is 4.98 Å². The Morgan fingerprint density at radius 2 is 2.05 bits per heavy atom. The first-order valence-electron chi connectivity index (χ1n) is 5.95. The molecule has 0 aliphatic rings. The van der Waals surface area contributed by atoms with Crippen LogP contribution in [0.3, 0.4) is 0 Å². The zero-order valence-corrected chi connectivity index (χ0v) is 11.9. The number of amides is 1. The standard InChI is InChI=1S/C14H10ClN3OS/c15-14-18-11-2-1-10(7-12(11)20-14)13(19)17-8-9-3-5-16-6-4-9/h1-7H,8H2,(H,17,19). The molecule has 0 saturated carbocycles. The van der Waals surface area contributed by atoms with E-state index in [4.69, 9.17) is 11.6 Å². The fourth-order valence-electron chi connectivity index (χ4n) is 1.82. The fourth-order valence-corrected chi connectivity index (χ4v) is 2.89. The minimum atomic E-state index is -0.117. The summed E-state index contributed by atoms with van der Waals surface area (Å²) in [6, 6.07) is 9.10. The number of nitrogens with one attached hydrogen (secondary N) is 1. The van der Waals surface area contributed by atoms with E-state index in [9.17, 15) is 4.79 Å². The molecule has 6 heteroatoms. The number of rotatable bonds is 3. The molecule has 1 amide bonds. The zero-order chi connectivity index (χ0) is 13.9. The van der Waals surface area contributed by atoms with Gasteiger partial charge in [0.1, 0.15) is 0 Å². The van der Waals surface area contributed by atoms with Gasteiger partial charge in [0.2, 0.25) is 0 Å². The average molecular weight is 304 g/mol. The summed E-state index contributed by atoms with van der Waals surface area (Å²) in [7, 11) is 0. The molecule has 0 unspecified atom stereocenters. The van der Waals surface area contributed by atoms with Gasteiger partial charge in [-0.05, 0) is 35.9 Å². The number of pyridine rings is 1. The molecule has 0 radical (unpaired) electrons. The number of carbonyl (C=O) groups is 1. The van der Waals surface area contributed by atoms with Crippen LogP contribution in [0.25, 0.3) is 10.2 Å². The summed E-state index contributed by atoms with van der Waals surface area (Å²) < 4.78 is 1.39. The smallest absolute Gasteiger partial charge is 0.251 e. The van der Waals surface area contributed by atoms with Crippen molar-refractivity contribution in [2.45, 2.75) is 6.54 Å². The first kappa shape index (κ1) is 13.0. The number of aromatic nitrogens is 2. The Bertz CT molecular complexity index is 757. The van der Waals surface area contributed by atoms with E-state index in [1.165, 1.54) is 11.3 Å². The first-order valence-corrected chi connectivity index (χ1v) is 7.15. The van der Waals surface area contributed by atoms with Crippen LogP contribution in [-0.2, 0) is 6.54 Å². The molecule has 0 aliphatic heterocycles. The molecule has 1 aromatic carbocycles. The van der Waals surface area contributed by atoms with E-state index in [2.05, 4.69) is 15.3 Å². The molecule has 4 nitrogen and oxygen atoms in total. The van der Waals surface area contributed by atoms with E-state index in [1.54, 1.807) is 30.6 Å². The van der Waals surface area contributed by atoms with Gasteiger partial charge < -0.3 is 5.32 Å². The molecule has 0 spiro atoms. The van der Waals surface area contributed by atoms with Gasteiger partial charge in [0.15, 0.2) is 4.47 Å². The number of hydrogen-bond acceptors (Lipinski definition) is 4. The summed E-state index contributed by atoms with van der Waals surface area (Å²) in [6.07, 6.45) is 3.40. The summed E-state index contributed by atoms with van der Waals surface area (Å²) in [5.41, 5.74) is 2.42. The van der Waals surface area contributed by atoms with Crippen molar-refractivity contribution in [3.63, 3.8) is 0 Å². The lowest BCUT2D eigenvalue weighted by Gasteiger charge is -2.05. The van der Waals surface area contributed by atoms with Crippen LogP contribution < -0.4 is 5.32 Å². The van der Waals surface area contributed by atoms with Crippen molar-refractivity contribution in [3.05, 3.63) is 58.3 Å². The average Bonchev–Trinajstić information content (AvgIpc) is 2.85. The first-order chi connectivity index (χ1) is 9.72. The van der Waals surface area contributed by atoms with Crippen molar-refractivity contribution in [1.82, 2.24) is 15.3 Å². The maximum absolute atomic E-state index is 12.1. The molecular weight excluding hydrogens is 294 g/mol. The Morgan fingerprint density at radius 1 is 1.25 bits per heavy atom. The lowest BCUT2D eigenvalue weighted by molar-refractivity contribution is 0.0951. The Balaban J connectivity index is 1.75. The number of hydrogen-bond donors (Lipinski definition) is 1. The molecule has 2 aromatic heterocycles. The van der Waals surface area contributed by atoms with E-state index < -0.39 is 0 Å². The monoisotopic (exact) mass is 303 g/mol. The Labute approximate surface area is 124 Å². The van der Waals surface area contributed by atoms with Gasteiger partial charge >= 0.3 is 0 Å². The van der Waals surface area contributed by atoms with Crippen LogP contribution in [0.5, 0.6) is 0 Å². The molecule has 1 N–H and O–H groups in total. The SMILES string of the molecule is O=C(NCc1ccncc1)c1ccc2nc(Cl)sc2c1. The highest BCUT2D eigenvalue weighted by molar-refractivity contribution is 7.22. The number of halogens is 1. The molecule has 2 heterocycles. The molecular formula is C14H10ClN3OS. The molecule has 100 valence electrons. The van der Waals surface area contributed by atoms with Gasteiger partial charge in [-0.2, -0.15) is 0 Å². The highest BCUT2D eigenvalue weighted by Gasteiger charge is 2.08. The molecule has 3 rings (SSSR count). The number of nitrogens with zero attached hydrogens (tertiary/aromatic N) is 2. The van der Waals surface area contributed by atoms with E-state index in [-0.39, 0.29) is 5.91 Å². The van der Waals surface area contributed by atoms with Crippen molar-refractivity contribution in [3.8, 4) is 0 Å². The van der Waals surface area contributed by atoms with E-state index in [1.807, 2.05) is 12.1 Å². The highest BCUT2D eigenvalue weighted by atomic mass is 35.5. The second kappa shape index (κ2) is 5.56. The van der Waals surface area contributed by atoms with Gasteiger partial charge in [-0.1, -0.05) is 11.6 Å². The second-order valence-corrected chi connectivity index (χ2v) is 5.80. The summed E-state index contributed by atoms with van der Waals surface area (Å²) in [5, 5.41) is 2.87. The van der Waals surface area contributed by atoms with Gasteiger partial charge in [-0.15, -0.1) is 11.3 Å². The van der Waals surface area contributed by atoms with Crippen molar-refractivity contribution >= 4 is 39.1 Å². The maximum atomic E-state index is 12.1. The molecule has 3 aromatic rings. The van der Waals surface area contributed by atoms with Crippen LogP contribution in [0.4, 0.5) is 0 Å². The Kier molecular flexibility index (Phi) is 3.62. The molecule has 0 aliphatic carbocycles. The summed E-state index contributed by atoms with van der Waals surface area (Å²) in [4.78, 5) is 20.2. The van der Waals surface area contributed by atoms with Crippen LogP contribution in [0.1, 0.15) is 15.9 Å². The molecule has 0 atom stereocenters. The Morgan fingerprint density at radius 3 is 2.85 bits per heavy atom. The van der Waals surface area contributed by atoms with Crippen LogP contribution in [-0.4, -0.2) is 15.9 Å². The van der Waals surface area contributed by atoms with Crippen molar-refractivity contribution in [2.75, 3.05) is 0 Å². The molecule has 0 fully saturated rings. The quantitative estimate of drug-likeness (QED) is 0.808. The second-order valence-electron chi connectivity index (χ2n) is 4.19. The highest BCUT2D eigenvalue weighted by Crippen LogP contribution is 2.26. The number of benzene rings is 1. The lowest BCUT2D eigenvalue weighted by Crippen LogP contribution is -2.22. The normalized spacial score (nSPS) is 10.7. The summed E-state index contributed by atoms with van der Waals surface area (Å²) >= 11 is 7.22. The van der Waals surface area contributed by atoms with Gasteiger partial charge in [0.05, 0.1) is 10.2 Å². The molecule has 0 saturated heterocycles. The van der Waals surface area contributed by atoms with Gasteiger partial charge in [0, 0.05) is 24.5 Å². The summed E-state index contributed by atoms with van der Waals surface area (Å²) in [5.74, 6) is -0.117. The Hall–Kier alpha value is -1.98. The fraction of sp³-hybridized carbons (Fsp3) is 0.0714. The largest absolute Gasteiger partial charge is 0.348 e. The van der Waals surface area contributed by atoms with Crippen LogP contribution in [0, 0.1) is 0 Å². The topological polar surface area (TPSA) is 54.9 Å².